The van der Waals surface area contributed by atoms with Crippen LogP contribution in [0.1, 0.15) is 20.8 Å². The van der Waals surface area contributed by atoms with Crippen molar-refractivity contribution >= 4 is 11.0 Å². The van der Waals surface area contributed by atoms with Gasteiger partial charge in [-0.25, -0.2) is 9.78 Å². The first-order valence-corrected chi connectivity index (χ1v) is 5.96. The predicted molar refractivity (Wildman–Crippen MR) is 72.6 cm³/mol. The van der Waals surface area contributed by atoms with E-state index in [-0.39, 0.29) is 0 Å². The molecular formula is C13H17N3O3. The maximum atomic E-state index is 12.2. The highest BCUT2D eigenvalue weighted by Gasteiger charge is 2.18. The summed E-state index contributed by atoms with van der Waals surface area (Å²) in [5.41, 5.74) is -0.910. The van der Waals surface area contributed by atoms with Gasteiger partial charge in [0.05, 0.1) is 0 Å². The lowest BCUT2D eigenvalue weighted by atomic mass is 10.2. The molecule has 2 aromatic heterocycles. The molecule has 0 aliphatic carbocycles. The van der Waals surface area contributed by atoms with Gasteiger partial charge in [-0.05, 0) is 26.8 Å². The SMILES string of the molecule is Cn1c(=O)c2c(OC(C)(C)C)ccnc2n(C)c1=O. The largest absolute Gasteiger partial charge is 0.487 e. The van der Waals surface area contributed by atoms with Gasteiger partial charge in [-0.1, -0.05) is 0 Å². The summed E-state index contributed by atoms with van der Waals surface area (Å²) in [5.74, 6) is 0.439. The second kappa shape index (κ2) is 4.22. The van der Waals surface area contributed by atoms with Crippen molar-refractivity contribution in [2.24, 2.45) is 14.1 Å². The van der Waals surface area contributed by atoms with Crippen LogP contribution in [0.25, 0.3) is 11.0 Å². The van der Waals surface area contributed by atoms with Crippen LogP contribution >= 0.6 is 0 Å². The van der Waals surface area contributed by atoms with Crippen LogP contribution in [0.5, 0.6) is 5.75 Å². The molecule has 0 bridgehead atoms. The van der Waals surface area contributed by atoms with E-state index in [1.165, 1.54) is 17.8 Å². The maximum Gasteiger partial charge on any atom is 0.332 e. The van der Waals surface area contributed by atoms with Gasteiger partial charge < -0.3 is 4.74 Å². The van der Waals surface area contributed by atoms with E-state index in [4.69, 9.17) is 4.74 Å². The molecule has 0 fully saturated rings. The standard InChI is InChI=1S/C13H17N3O3/c1-13(2,3)19-8-6-7-14-10-9(8)11(17)16(5)12(18)15(10)4/h6-7H,1-5H3. The number of hydrogen-bond acceptors (Lipinski definition) is 4. The van der Waals surface area contributed by atoms with Gasteiger partial charge in [0.25, 0.3) is 5.56 Å². The Balaban J connectivity index is 2.90. The van der Waals surface area contributed by atoms with Gasteiger partial charge in [-0.15, -0.1) is 0 Å². The second-order valence-electron chi connectivity index (χ2n) is 5.43. The Morgan fingerprint density at radius 2 is 1.79 bits per heavy atom. The first-order valence-electron chi connectivity index (χ1n) is 5.96. The Bertz CT molecular complexity index is 751. The van der Waals surface area contributed by atoms with Gasteiger partial charge >= 0.3 is 5.69 Å². The van der Waals surface area contributed by atoms with Crippen LogP contribution in [0.2, 0.25) is 0 Å². The van der Waals surface area contributed by atoms with Crippen molar-refractivity contribution in [3.63, 3.8) is 0 Å². The van der Waals surface area contributed by atoms with Crippen molar-refractivity contribution in [3.05, 3.63) is 33.1 Å². The van der Waals surface area contributed by atoms with Gasteiger partial charge in [0.1, 0.15) is 16.7 Å². The molecule has 0 aliphatic rings. The molecule has 0 unspecified atom stereocenters. The zero-order valence-corrected chi connectivity index (χ0v) is 11.7. The van der Waals surface area contributed by atoms with Crippen LogP contribution in [0.3, 0.4) is 0 Å². The third kappa shape index (κ3) is 2.25. The topological polar surface area (TPSA) is 66.1 Å². The molecule has 102 valence electrons. The normalized spacial score (nSPS) is 11.8. The third-order valence-electron chi connectivity index (χ3n) is 2.72. The van der Waals surface area contributed by atoms with Crippen LogP contribution < -0.4 is 16.0 Å². The van der Waals surface area contributed by atoms with E-state index in [0.29, 0.717) is 16.8 Å². The Labute approximate surface area is 110 Å². The lowest BCUT2D eigenvalue weighted by Crippen LogP contribution is -2.37. The summed E-state index contributed by atoms with van der Waals surface area (Å²) in [6, 6.07) is 1.64. The quantitative estimate of drug-likeness (QED) is 0.763. The molecule has 6 nitrogen and oxygen atoms in total. The van der Waals surface area contributed by atoms with Crippen molar-refractivity contribution in [1.29, 1.82) is 0 Å². The number of nitrogens with zero attached hydrogens (tertiary/aromatic N) is 3. The lowest BCUT2D eigenvalue weighted by Gasteiger charge is -2.22. The van der Waals surface area contributed by atoms with Gasteiger partial charge in [0, 0.05) is 20.3 Å². The van der Waals surface area contributed by atoms with Crippen molar-refractivity contribution in [3.8, 4) is 5.75 Å². The van der Waals surface area contributed by atoms with E-state index < -0.39 is 16.9 Å². The third-order valence-corrected chi connectivity index (χ3v) is 2.72. The predicted octanol–water partition coefficient (Wildman–Crippen LogP) is 0.809. The minimum atomic E-state index is -0.437. The molecule has 2 aromatic rings. The van der Waals surface area contributed by atoms with Gasteiger partial charge in [-0.3, -0.25) is 13.9 Å². The fourth-order valence-corrected chi connectivity index (χ4v) is 1.87. The minimum Gasteiger partial charge on any atom is -0.487 e. The van der Waals surface area contributed by atoms with E-state index in [1.54, 1.807) is 13.1 Å². The molecule has 0 atom stereocenters. The smallest absolute Gasteiger partial charge is 0.332 e. The molecule has 0 spiro atoms. The van der Waals surface area contributed by atoms with Crippen LogP contribution in [0.4, 0.5) is 0 Å². The number of rotatable bonds is 1. The first-order chi connectivity index (χ1) is 8.72. The number of pyridine rings is 1. The average molecular weight is 263 g/mol. The lowest BCUT2D eigenvalue weighted by molar-refractivity contribution is 0.133. The molecule has 0 amide bonds. The monoisotopic (exact) mass is 263 g/mol. The van der Waals surface area contributed by atoms with E-state index in [2.05, 4.69) is 4.98 Å². The summed E-state index contributed by atoms with van der Waals surface area (Å²) in [6.45, 7) is 5.68. The minimum absolute atomic E-state index is 0.321. The number of ether oxygens (including phenoxy) is 1. The highest BCUT2D eigenvalue weighted by molar-refractivity contribution is 5.81. The highest BCUT2D eigenvalue weighted by atomic mass is 16.5. The number of fused-ring (bicyclic) bond motifs is 1. The molecule has 2 heterocycles. The summed E-state index contributed by atoms with van der Waals surface area (Å²) in [6.07, 6.45) is 1.53. The van der Waals surface area contributed by atoms with Crippen LogP contribution in [0.15, 0.2) is 21.9 Å². The zero-order chi connectivity index (χ0) is 14.4. The molecule has 19 heavy (non-hydrogen) atoms. The van der Waals surface area contributed by atoms with Crippen molar-refractivity contribution in [2.45, 2.75) is 26.4 Å². The van der Waals surface area contributed by atoms with Crippen molar-refractivity contribution in [2.75, 3.05) is 0 Å². The molecule has 0 saturated carbocycles. The fraction of sp³-hybridized carbons (Fsp3) is 0.462. The van der Waals surface area contributed by atoms with Crippen LogP contribution in [0, 0.1) is 0 Å². The Morgan fingerprint density at radius 3 is 2.37 bits per heavy atom. The van der Waals surface area contributed by atoms with E-state index in [1.807, 2.05) is 20.8 Å². The number of aromatic nitrogens is 3. The van der Waals surface area contributed by atoms with Gasteiger partial charge in [0.2, 0.25) is 0 Å². The van der Waals surface area contributed by atoms with Crippen molar-refractivity contribution < 1.29 is 4.74 Å². The summed E-state index contributed by atoms with van der Waals surface area (Å²) < 4.78 is 8.17. The Hall–Kier alpha value is -2.11. The molecular weight excluding hydrogens is 246 g/mol. The second-order valence-corrected chi connectivity index (χ2v) is 5.43. The number of aryl methyl sites for hydroxylation is 1. The highest BCUT2D eigenvalue weighted by Crippen LogP contribution is 2.23. The average Bonchev–Trinajstić information content (AvgIpc) is 2.31. The molecule has 6 heteroatoms. The van der Waals surface area contributed by atoms with E-state index in [9.17, 15) is 9.59 Å². The fourth-order valence-electron chi connectivity index (χ4n) is 1.87. The molecule has 2 rings (SSSR count). The molecule has 0 aromatic carbocycles. The summed E-state index contributed by atoms with van der Waals surface area (Å²) in [7, 11) is 3.02. The Kier molecular flexibility index (Phi) is 2.96. The van der Waals surface area contributed by atoms with Crippen LogP contribution in [-0.2, 0) is 14.1 Å². The summed E-state index contributed by atoms with van der Waals surface area (Å²) >= 11 is 0. The van der Waals surface area contributed by atoms with Gasteiger partial charge in [0.15, 0.2) is 5.65 Å². The summed E-state index contributed by atoms with van der Waals surface area (Å²) in [5, 5.41) is 0.321. The van der Waals surface area contributed by atoms with E-state index >= 15 is 0 Å². The van der Waals surface area contributed by atoms with E-state index in [0.717, 1.165) is 4.57 Å². The zero-order valence-electron chi connectivity index (χ0n) is 11.7. The van der Waals surface area contributed by atoms with Crippen molar-refractivity contribution in [1.82, 2.24) is 14.1 Å². The first kappa shape index (κ1) is 13.3. The maximum absolute atomic E-state index is 12.2. The Morgan fingerprint density at radius 1 is 1.16 bits per heavy atom. The summed E-state index contributed by atoms with van der Waals surface area (Å²) in [4.78, 5) is 28.2. The number of hydrogen-bond donors (Lipinski definition) is 0. The molecule has 0 N–H and O–H groups in total. The molecule has 0 radical (unpaired) electrons. The molecule has 0 saturated heterocycles. The van der Waals surface area contributed by atoms with Gasteiger partial charge in [-0.2, -0.15) is 0 Å². The molecule has 0 aliphatic heterocycles. The van der Waals surface area contributed by atoms with Crippen LogP contribution in [-0.4, -0.2) is 19.7 Å².